The van der Waals surface area contributed by atoms with E-state index in [9.17, 15) is 4.79 Å². The SMILES string of the molecule is C=CC(=O)OONC(C)(C)C. The largest absolute Gasteiger partial charge is 0.367 e. The molecule has 0 spiro atoms. The molecule has 0 amide bonds. The highest BCUT2D eigenvalue weighted by atomic mass is 17.3. The van der Waals surface area contributed by atoms with E-state index in [-0.39, 0.29) is 5.54 Å². The minimum atomic E-state index is -0.623. The minimum Gasteiger partial charge on any atom is -0.275 e. The summed E-state index contributed by atoms with van der Waals surface area (Å²) >= 11 is 0. The molecule has 4 nitrogen and oxygen atoms in total. The summed E-state index contributed by atoms with van der Waals surface area (Å²) in [6.45, 7) is 8.80. The highest BCUT2D eigenvalue weighted by Crippen LogP contribution is 1.97. The molecule has 0 fully saturated rings. The number of hydrogen-bond acceptors (Lipinski definition) is 4. The van der Waals surface area contributed by atoms with E-state index in [0.717, 1.165) is 6.08 Å². The van der Waals surface area contributed by atoms with Gasteiger partial charge in [0.15, 0.2) is 0 Å². The Balaban J connectivity index is 3.42. The molecule has 0 heterocycles. The molecule has 64 valence electrons. The van der Waals surface area contributed by atoms with Gasteiger partial charge in [-0.3, -0.25) is 4.89 Å². The van der Waals surface area contributed by atoms with E-state index in [1.807, 2.05) is 20.8 Å². The first-order chi connectivity index (χ1) is 4.95. The molecule has 0 atom stereocenters. The second-order valence-corrected chi connectivity index (χ2v) is 3.04. The molecule has 0 saturated heterocycles. The number of rotatable bonds is 3. The maximum Gasteiger partial charge on any atom is 0.367 e. The van der Waals surface area contributed by atoms with Gasteiger partial charge in [-0.15, -0.1) is 0 Å². The van der Waals surface area contributed by atoms with Gasteiger partial charge in [0.05, 0.1) is 0 Å². The Bertz CT molecular complexity index is 148. The van der Waals surface area contributed by atoms with E-state index < -0.39 is 5.97 Å². The van der Waals surface area contributed by atoms with Crippen LogP contribution in [-0.4, -0.2) is 11.5 Å². The van der Waals surface area contributed by atoms with Crippen LogP contribution in [0.15, 0.2) is 12.7 Å². The number of nitrogens with one attached hydrogen (secondary N) is 1. The molecule has 0 unspecified atom stereocenters. The van der Waals surface area contributed by atoms with Gasteiger partial charge in [0.25, 0.3) is 0 Å². The van der Waals surface area contributed by atoms with Crippen LogP contribution in [0.1, 0.15) is 20.8 Å². The Kier molecular flexibility index (Phi) is 3.78. The zero-order valence-corrected chi connectivity index (χ0v) is 7.01. The molecular formula is C7H13NO3. The zero-order valence-electron chi connectivity index (χ0n) is 7.01. The molecule has 1 N–H and O–H groups in total. The van der Waals surface area contributed by atoms with Crippen LogP contribution in [0.25, 0.3) is 0 Å². The third-order valence-corrected chi connectivity index (χ3v) is 0.638. The first-order valence-corrected chi connectivity index (χ1v) is 3.23. The maximum absolute atomic E-state index is 10.4. The lowest BCUT2D eigenvalue weighted by molar-refractivity contribution is -0.316. The number of carbonyl (C=O) groups is 1. The molecule has 0 aromatic carbocycles. The van der Waals surface area contributed by atoms with Crippen molar-refractivity contribution in [2.75, 3.05) is 0 Å². The lowest BCUT2D eigenvalue weighted by Crippen LogP contribution is -2.36. The Morgan fingerprint density at radius 2 is 2.09 bits per heavy atom. The highest BCUT2D eigenvalue weighted by molar-refractivity contribution is 5.80. The lowest BCUT2D eigenvalue weighted by atomic mass is 10.1. The fourth-order valence-electron chi connectivity index (χ4n) is 0.221. The van der Waals surface area contributed by atoms with Gasteiger partial charge in [0, 0.05) is 11.6 Å². The van der Waals surface area contributed by atoms with Gasteiger partial charge in [-0.1, -0.05) is 11.6 Å². The molecule has 0 saturated carbocycles. The number of hydrogen-bond donors (Lipinski definition) is 1. The van der Waals surface area contributed by atoms with Crippen molar-refractivity contribution in [3.8, 4) is 0 Å². The predicted molar refractivity (Wildman–Crippen MR) is 40.3 cm³/mol. The van der Waals surface area contributed by atoms with Gasteiger partial charge in [0.2, 0.25) is 0 Å². The van der Waals surface area contributed by atoms with Crippen molar-refractivity contribution in [1.82, 2.24) is 5.48 Å². The predicted octanol–water partition coefficient (Wildman–Crippen LogP) is 0.950. The summed E-state index contributed by atoms with van der Waals surface area (Å²) in [5, 5.41) is 0. The van der Waals surface area contributed by atoms with E-state index >= 15 is 0 Å². The summed E-state index contributed by atoms with van der Waals surface area (Å²) in [6.07, 6.45) is 1.02. The molecule has 11 heavy (non-hydrogen) atoms. The highest BCUT2D eigenvalue weighted by Gasteiger charge is 2.10. The van der Waals surface area contributed by atoms with Crippen LogP contribution in [0.4, 0.5) is 0 Å². The van der Waals surface area contributed by atoms with Crippen molar-refractivity contribution in [3.63, 3.8) is 0 Å². The van der Waals surface area contributed by atoms with E-state index in [1.54, 1.807) is 0 Å². The average molecular weight is 159 g/mol. The maximum atomic E-state index is 10.4. The van der Waals surface area contributed by atoms with Crippen LogP contribution < -0.4 is 5.48 Å². The summed E-state index contributed by atoms with van der Waals surface area (Å²) in [5.74, 6) is -0.623. The fourth-order valence-corrected chi connectivity index (χ4v) is 0.221. The minimum absolute atomic E-state index is 0.249. The standard InChI is InChI=1S/C7H13NO3/c1-5-6(9)10-11-8-7(2,3)4/h5,8H,1H2,2-4H3. The van der Waals surface area contributed by atoms with Crippen molar-refractivity contribution in [2.45, 2.75) is 26.3 Å². The van der Waals surface area contributed by atoms with Crippen molar-refractivity contribution in [1.29, 1.82) is 0 Å². The second kappa shape index (κ2) is 4.10. The van der Waals surface area contributed by atoms with Crippen LogP contribution in [0.3, 0.4) is 0 Å². The number of hydroxylamine groups is 1. The average Bonchev–Trinajstić information content (AvgIpc) is 1.85. The van der Waals surface area contributed by atoms with Gasteiger partial charge in [-0.05, 0) is 20.8 Å². The summed E-state index contributed by atoms with van der Waals surface area (Å²) < 4.78 is 0. The van der Waals surface area contributed by atoms with Crippen LogP contribution >= 0.6 is 0 Å². The molecule has 0 rings (SSSR count). The van der Waals surface area contributed by atoms with E-state index in [0.29, 0.717) is 0 Å². The smallest absolute Gasteiger partial charge is 0.275 e. The van der Waals surface area contributed by atoms with E-state index in [2.05, 4.69) is 21.9 Å². The first-order valence-electron chi connectivity index (χ1n) is 3.23. The van der Waals surface area contributed by atoms with Crippen molar-refractivity contribution < 1.29 is 14.7 Å². The monoisotopic (exact) mass is 159 g/mol. The summed E-state index contributed by atoms with van der Waals surface area (Å²) in [6, 6.07) is 0. The summed E-state index contributed by atoms with van der Waals surface area (Å²) in [7, 11) is 0. The van der Waals surface area contributed by atoms with Gasteiger partial charge in [0.1, 0.15) is 0 Å². The van der Waals surface area contributed by atoms with Gasteiger partial charge in [-0.2, -0.15) is 5.48 Å². The van der Waals surface area contributed by atoms with Gasteiger partial charge < -0.3 is 0 Å². The van der Waals surface area contributed by atoms with Gasteiger partial charge in [-0.25, -0.2) is 4.79 Å². The second-order valence-electron chi connectivity index (χ2n) is 3.04. The molecule has 0 aromatic heterocycles. The molecule has 0 aliphatic heterocycles. The summed E-state index contributed by atoms with van der Waals surface area (Å²) in [5.41, 5.74) is 2.25. The van der Waals surface area contributed by atoms with E-state index in [4.69, 9.17) is 0 Å². The van der Waals surface area contributed by atoms with Crippen molar-refractivity contribution >= 4 is 5.97 Å². The third-order valence-electron chi connectivity index (χ3n) is 0.638. The van der Waals surface area contributed by atoms with Crippen LogP contribution in [0.2, 0.25) is 0 Å². The fraction of sp³-hybridized carbons (Fsp3) is 0.571. The van der Waals surface area contributed by atoms with Crippen molar-refractivity contribution in [2.24, 2.45) is 0 Å². The molecule has 4 heteroatoms. The zero-order chi connectivity index (χ0) is 8.91. The third kappa shape index (κ3) is 7.02. The van der Waals surface area contributed by atoms with E-state index in [1.165, 1.54) is 0 Å². The number of carbonyl (C=O) groups excluding carboxylic acids is 1. The molecule has 0 bridgehead atoms. The first kappa shape index (κ1) is 10.1. The Morgan fingerprint density at radius 1 is 1.55 bits per heavy atom. The van der Waals surface area contributed by atoms with Crippen LogP contribution in [0.5, 0.6) is 0 Å². The molecule has 0 radical (unpaired) electrons. The Hall–Kier alpha value is -0.870. The van der Waals surface area contributed by atoms with Crippen molar-refractivity contribution in [3.05, 3.63) is 12.7 Å². The molecular weight excluding hydrogens is 146 g/mol. The normalized spacial score (nSPS) is 10.8. The molecule has 0 aliphatic carbocycles. The van der Waals surface area contributed by atoms with Crippen LogP contribution in [-0.2, 0) is 14.7 Å². The van der Waals surface area contributed by atoms with Crippen LogP contribution in [0, 0.1) is 0 Å². The quantitative estimate of drug-likeness (QED) is 0.378. The Labute approximate surface area is 66.1 Å². The summed E-state index contributed by atoms with van der Waals surface area (Å²) in [4.78, 5) is 19.0. The lowest BCUT2D eigenvalue weighted by Gasteiger charge is -2.17. The Morgan fingerprint density at radius 3 is 2.45 bits per heavy atom. The van der Waals surface area contributed by atoms with Gasteiger partial charge >= 0.3 is 5.97 Å². The molecule has 0 aromatic rings. The topological polar surface area (TPSA) is 47.6 Å². The molecule has 0 aliphatic rings.